The molecule has 0 spiro atoms. The molecular formula is C91H108N5O16S8-. The summed E-state index contributed by atoms with van der Waals surface area (Å²) in [5.74, 6) is -2.41. The number of fused-ring (bicyclic) bond motifs is 5. The molecule has 0 unspecified atom stereocenters. The number of unbranched alkanes of at least 4 members (excludes halogenated alkanes) is 6. The predicted molar refractivity (Wildman–Crippen MR) is 489 cm³/mol. The molecule has 0 amide bonds. The number of aliphatic hydroxyl groups is 1. The number of aryl methyl sites for hydroxylation is 2. The van der Waals surface area contributed by atoms with Gasteiger partial charge in [0.2, 0.25) is 22.5 Å². The Kier molecular flexibility index (Phi) is 33.8. The number of aromatic hydroxyl groups is 1. The van der Waals surface area contributed by atoms with Gasteiger partial charge >= 0.3 is 17.9 Å². The Morgan fingerprint density at radius 3 is 1.43 bits per heavy atom. The molecule has 0 bridgehead atoms. The molecule has 642 valence electrons. The van der Waals surface area contributed by atoms with Gasteiger partial charge in [-0.3, -0.25) is 34.0 Å². The molecule has 0 aromatic heterocycles. The van der Waals surface area contributed by atoms with Crippen LogP contribution >= 0.6 is 73.4 Å². The Hall–Kier alpha value is -7.82. The maximum absolute atomic E-state index is 11.8. The summed E-state index contributed by atoms with van der Waals surface area (Å²) in [5, 5.41) is 69.2. The van der Waals surface area contributed by atoms with Gasteiger partial charge in [-0.25, -0.2) is 4.58 Å². The molecule has 0 saturated carbocycles. The topological polar surface area (TPSA) is 285 Å². The molecule has 13 rings (SSSR count). The number of carbonyl (C=O) groups is 3. The zero-order valence-corrected chi connectivity index (χ0v) is 77.7. The first-order valence-corrected chi connectivity index (χ1v) is 43.7. The largest absolute Gasteiger partial charge is 0.778 e. The number of aliphatic carboxylic acids is 3. The number of para-hydroxylation sites is 1. The maximum atomic E-state index is 11.8. The lowest BCUT2D eigenvalue weighted by Crippen LogP contribution is -2.31. The van der Waals surface area contributed by atoms with E-state index in [4.69, 9.17) is 62.6 Å². The second-order valence-corrected chi connectivity index (χ2v) is 37.0. The molecule has 21 nitrogen and oxygen atoms in total. The number of thiol groups is 1. The SMILES string of the molecule is CC1=[N+](C)c2ccc(SOO[O-])cc2C1(C)C.CC1=[N+](CCCCCC(=O)O)c2ccc(SOO[O-])cc2C1(C)C.CCO.Cc1ccc2c(c1)C(C)(C)C(=CC1=C([S-])C(=CC3=[N+](C)c4ccccc4C3(C)C)C1=S)N2CCCCCC(=O)O.Cc1ccc2c(c1)C(C)(C)C(=Cc1c(S)c(=O)c1=S)N2CCCCCC(=O)O.O=c1c([S-])c(O)c1=S. The van der Waals surface area contributed by atoms with Gasteiger partial charge in [-0.2, -0.15) is 22.7 Å². The van der Waals surface area contributed by atoms with Crippen molar-refractivity contribution in [1.82, 2.24) is 0 Å². The van der Waals surface area contributed by atoms with Gasteiger partial charge in [0.25, 0.3) is 0 Å². The van der Waals surface area contributed by atoms with E-state index in [1.54, 1.807) is 6.92 Å². The molecule has 29 heteroatoms. The molecule has 0 saturated heterocycles. The van der Waals surface area contributed by atoms with Crippen LogP contribution in [-0.4, -0.2) is 120 Å². The van der Waals surface area contributed by atoms with Crippen LogP contribution < -0.4 is 31.2 Å². The average molecular weight is 1780 g/mol. The van der Waals surface area contributed by atoms with Gasteiger partial charge in [0.1, 0.15) is 30.9 Å². The molecular weight excluding hydrogens is 1680 g/mol. The molecule has 5 aliphatic heterocycles. The first kappa shape index (κ1) is 97.6. The Morgan fingerprint density at radius 1 is 0.542 bits per heavy atom. The number of carboxylic acids is 3. The van der Waals surface area contributed by atoms with Crippen molar-refractivity contribution >= 4 is 173 Å². The van der Waals surface area contributed by atoms with Crippen LogP contribution in [0, 0.1) is 22.9 Å². The number of hydrogen-bond donors (Lipinski definition) is 6. The van der Waals surface area contributed by atoms with E-state index in [9.17, 15) is 34.5 Å². The summed E-state index contributed by atoms with van der Waals surface area (Å²) in [4.78, 5) is 62.8. The highest BCUT2D eigenvalue weighted by Gasteiger charge is 2.47. The number of anilines is 2. The van der Waals surface area contributed by atoms with Crippen molar-refractivity contribution in [2.45, 2.75) is 228 Å². The number of thiocarbonyl (C=S) groups is 1. The lowest BCUT2D eigenvalue weighted by atomic mass is 9.78. The predicted octanol–water partition coefficient (Wildman–Crippen LogP) is 17.6. The van der Waals surface area contributed by atoms with Gasteiger partial charge < -0.3 is 71.1 Å². The zero-order chi connectivity index (χ0) is 89.0. The number of rotatable bonds is 27. The molecule has 5 heterocycles. The molecule has 120 heavy (non-hydrogen) atoms. The Bertz CT molecular complexity index is 5430. The Balaban J connectivity index is 0.000000198. The van der Waals surface area contributed by atoms with Crippen molar-refractivity contribution < 1.29 is 82.9 Å². The van der Waals surface area contributed by atoms with E-state index >= 15 is 0 Å². The minimum Gasteiger partial charge on any atom is -0.778 e. The van der Waals surface area contributed by atoms with Crippen molar-refractivity contribution in [2.24, 2.45) is 0 Å². The van der Waals surface area contributed by atoms with E-state index in [0.29, 0.717) is 28.7 Å². The van der Waals surface area contributed by atoms with Crippen molar-refractivity contribution in [1.29, 1.82) is 0 Å². The highest BCUT2D eigenvalue weighted by molar-refractivity contribution is 7.94. The highest BCUT2D eigenvalue weighted by Crippen LogP contribution is 2.52. The van der Waals surface area contributed by atoms with Gasteiger partial charge in [0.15, 0.2) is 22.6 Å². The summed E-state index contributed by atoms with van der Waals surface area (Å²) in [5.41, 5.74) is 22.2. The first-order valence-electron chi connectivity index (χ1n) is 39.7. The second-order valence-electron chi connectivity index (χ2n) is 33.0. The van der Waals surface area contributed by atoms with Gasteiger partial charge in [0, 0.05) is 154 Å². The van der Waals surface area contributed by atoms with Crippen LogP contribution in [0.1, 0.15) is 212 Å². The summed E-state index contributed by atoms with van der Waals surface area (Å²) in [6, 6.07) is 33.6. The molecule has 1 aliphatic carbocycles. The van der Waals surface area contributed by atoms with E-state index in [1.807, 2.05) is 42.5 Å². The number of nitrogens with zero attached hydrogens (tertiary/aromatic N) is 5. The zero-order valence-electron chi connectivity index (χ0n) is 71.1. The smallest absolute Gasteiger partial charge is 0.303 e. The average Bonchev–Trinajstić information content (AvgIpc) is 1.57. The van der Waals surface area contributed by atoms with Crippen LogP contribution in [0.25, 0.3) is 6.08 Å². The van der Waals surface area contributed by atoms with Crippen LogP contribution in [0.15, 0.2) is 166 Å². The number of hydrogen-bond acceptors (Lipinski definition) is 23. The minimum absolute atomic E-state index is 0.00102. The number of aliphatic hydroxyl groups excluding tert-OH is 1. The summed E-state index contributed by atoms with van der Waals surface area (Å²) < 4.78 is 15.8. The van der Waals surface area contributed by atoms with Crippen molar-refractivity contribution in [3.05, 3.63) is 211 Å². The van der Waals surface area contributed by atoms with Gasteiger partial charge in [-0.15, -0.1) is 12.6 Å². The standard InChI is InChI=1S/C34H38N2O2S2.C22H25NO3S2.C17H23NO5S.C12H15NO3S.C4H2O2S2.C2H6O/c1-21-15-16-27-25(18-21)34(4,5)29(36(27)17-11-7-8-14-30(37)38)20-23-31(39)22(32(23)40)19-28-33(2,3)24-12-9-10-13-26(24)35(28)6;1-13-8-9-16-15(11-13)22(2,3)17(12-14-20(27)19(26)21(14)28)23(16)10-6-4-5-7-18(24)25;1-12-17(2,3)14-11-13(24-23-22-21)8-9-15(14)18(12)10-6-4-5-7-16(19)20;1-8-12(2,3)10-7-9(17-16-15-14)5-6-11(10)13(8)4;5-1-3(7)2(6)4(1)8;1-2-3/h9-10,12-13,15-16,18-20H,7-8,11,14,17H2,1-6H3,(H-,37,38,39,40);8-9,11-12,27H,4-7,10H2,1-3H3,(H,24,25);8-9,11H,4-7,10H2,1-3H3,(H-,19,20,21);5-7H,1-4H3;5,7H;3H,2H2,1H3/p-1. The number of benzene rings is 5. The lowest BCUT2D eigenvalue weighted by Gasteiger charge is -2.35. The van der Waals surface area contributed by atoms with E-state index in [2.05, 4.69) is 264 Å². The minimum atomic E-state index is -0.750. The highest BCUT2D eigenvalue weighted by atomic mass is 32.2. The van der Waals surface area contributed by atoms with Gasteiger partial charge in [-0.05, 0) is 172 Å². The van der Waals surface area contributed by atoms with Crippen LogP contribution in [0.2, 0.25) is 0 Å². The number of allylic oxidation sites excluding steroid dienone is 6. The third-order valence-corrected chi connectivity index (χ3v) is 27.0. The molecule has 0 radical (unpaired) electrons. The normalized spacial score (nSPS) is 17.3. The summed E-state index contributed by atoms with van der Waals surface area (Å²) in [6.07, 6.45) is 14.6. The number of carboxylic acid groups (broad SMARTS) is 3. The van der Waals surface area contributed by atoms with E-state index in [1.165, 1.54) is 78.8 Å². The Morgan fingerprint density at radius 2 is 0.992 bits per heavy atom. The van der Waals surface area contributed by atoms with Crippen molar-refractivity contribution in [3.63, 3.8) is 0 Å². The van der Waals surface area contributed by atoms with E-state index in [-0.39, 0.29) is 79.0 Å². The molecule has 0 atom stereocenters. The second kappa shape index (κ2) is 41.6. The van der Waals surface area contributed by atoms with Crippen LogP contribution in [0.5, 0.6) is 5.75 Å². The fraction of sp³-hybridized carbons (Fsp3) is 0.418. The molecule has 7 aromatic rings. The quantitative estimate of drug-likeness (QED) is 0.00321. The van der Waals surface area contributed by atoms with Crippen molar-refractivity contribution in [2.75, 3.05) is 50.1 Å². The summed E-state index contributed by atoms with van der Waals surface area (Å²) in [7, 11) is 4.18. The molecule has 5 N–H and O–H groups in total. The van der Waals surface area contributed by atoms with Crippen LogP contribution in [0.3, 0.4) is 0 Å². The van der Waals surface area contributed by atoms with Crippen LogP contribution in [0.4, 0.5) is 28.4 Å². The third-order valence-electron chi connectivity index (χ3n) is 23.4. The van der Waals surface area contributed by atoms with Gasteiger partial charge in [0.05, 0.1) is 49.7 Å². The Labute approximate surface area is 744 Å². The molecule has 7 aromatic carbocycles. The first-order chi connectivity index (χ1) is 56.4. The summed E-state index contributed by atoms with van der Waals surface area (Å²) >= 11 is 32.1. The maximum Gasteiger partial charge on any atom is 0.303 e. The van der Waals surface area contributed by atoms with Crippen LogP contribution in [-0.2, 0) is 85.5 Å². The summed E-state index contributed by atoms with van der Waals surface area (Å²) in [6.45, 7) is 35.0. The van der Waals surface area contributed by atoms with Gasteiger partial charge in [-0.1, -0.05) is 136 Å². The fourth-order valence-corrected chi connectivity index (χ4v) is 18.8. The molecule has 6 aliphatic rings. The fourth-order valence-electron chi connectivity index (χ4n) is 16.0. The lowest BCUT2D eigenvalue weighted by molar-refractivity contribution is -0.777. The monoisotopic (exact) mass is 1780 g/mol. The van der Waals surface area contributed by atoms with E-state index in [0.717, 1.165) is 136 Å². The third kappa shape index (κ3) is 21.5. The molecule has 0 fully saturated rings. The van der Waals surface area contributed by atoms with Crippen molar-refractivity contribution in [3.8, 4) is 5.75 Å². The van der Waals surface area contributed by atoms with E-state index < -0.39 is 17.9 Å².